The van der Waals surface area contributed by atoms with Gasteiger partial charge in [0.25, 0.3) is 0 Å². The van der Waals surface area contributed by atoms with Crippen LogP contribution in [0.3, 0.4) is 0 Å². The number of nitrogens with one attached hydrogen (secondary N) is 2. The van der Waals surface area contributed by atoms with Crippen LogP contribution in [0, 0.1) is 0 Å². The number of hydrogen-bond acceptors (Lipinski definition) is 4. The Balaban J connectivity index is 3.17. The maximum Gasteiger partial charge on any atom is 0.219 e. The van der Waals surface area contributed by atoms with Crippen LogP contribution < -0.4 is 10.6 Å². The number of methoxy groups -OCH3 is 1. The molecule has 0 fully saturated rings. The molecular formula is C9H20N2O3. The first-order valence-corrected chi connectivity index (χ1v) is 4.79. The van der Waals surface area contributed by atoms with Crippen molar-refractivity contribution >= 4 is 5.91 Å². The van der Waals surface area contributed by atoms with Crippen molar-refractivity contribution in [2.24, 2.45) is 0 Å². The number of hydrogen-bond donors (Lipinski definition) is 3. The molecule has 0 spiro atoms. The summed E-state index contributed by atoms with van der Waals surface area (Å²) < 4.78 is 4.76. The van der Waals surface area contributed by atoms with Crippen molar-refractivity contribution in [3.8, 4) is 0 Å². The van der Waals surface area contributed by atoms with Crippen LogP contribution in [0.4, 0.5) is 0 Å². The highest BCUT2D eigenvalue weighted by molar-refractivity contribution is 5.75. The van der Waals surface area contributed by atoms with Crippen molar-refractivity contribution in [3.05, 3.63) is 0 Å². The van der Waals surface area contributed by atoms with Crippen molar-refractivity contribution in [2.45, 2.75) is 18.9 Å². The second-order valence-electron chi connectivity index (χ2n) is 3.09. The average molecular weight is 204 g/mol. The van der Waals surface area contributed by atoms with Gasteiger partial charge >= 0.3 is 0 Å². The van der Waals surface area contributed by atoms with Gasteiger partial charge in [-0.25, -0.2) is 0 Å². The zero-order valence-corrected chi connectivity index (χ0v) is 8.88. The van der Waals surface area contributed by atoms with E-state index in [2.05, 4.69) is 10.6 Å². The largest absolute Gasteiger partial charge is 0.389 e. The van der Waals surface area contributed by atoms with Crippen LogP contribution in [0.5, 0.6) is 0 Å². The lowest BCUT2D eigenvalue weighted by atomic mass is 10.3. The van der Waals surface area contributed by atoms with Crippen LogP contribution in [-0.4, -0.2) is 51.0 Å². The van der Waals surface area contributed by atoms with Gasteiger partial charge in [0.2, 0.25) is 5.91 Å². The van der Waals surface area contributed by atoms with Crippen LogP contribution in [0.2, 0.25) is 0 Å². The quantitative estimate of drug-likeness (QED) is 0.449. The molecule has 84 valence electrons. The summed E-state index contributed by atoms with van der Waals surface area (Å²) in [7, 11) is 3.17. The molecule has 0 bridgehead atoms. The first-order chi connectivity index (χ1) is 6.70. The van der Waals surface area contributed by atoms with Gasteiger partial charge in [0.1, 0.15) is 0 Å². The minimum atomic E-state index is -0.472. The fourth-order valence-electron chi connectivity index (χ4n) is 1.02. The van der Waals surface area contributed by atoms with Gasteiger partial charge < -0.3 is 20.5 Å². The van der Waals surface area contributed by atoms with E-state index in [1.165, 1.54) is 0 Å². The summed E-state index contributed by atoms with van der Waals surface area (Å²) >= 11 is 0. The van der Waals surface area contributed by atoms with Crippen molar-refractivity contribution in [1.82, 2.24) is 10.6 Å². The Labute approximate surface area is 84.8 Å². The number of carbonyl (C=O) groups is 1. The van der Waals surface area contributed by atoms with E-state index >= 15 is 0 Å². The third-order valence-corrected chi connectivity index (χ3v) is 1.78. The molecule has 0 rings (SSSR count). The normalized spacial score (nSPS) is 12.5. The molecule has 1 atom stereocenters. The summed E-state index contributed by atoms with van der Waals surface area (Å²) in [6, 6.07) is 0. The fourth-order valence-corrected chi connectivity index (χ4v) is 1.02. The molecule has 0 aliphatic rings. The number of carbonyl (C=O) groups excluding carboxylic acids is 1. The lowest BCUT2D eigenvalue weighted by Gasteiger charge is -2.10. The van der Waals surface area contributed by atoms with Gasteiger partial charge in [-0.1, -0.05) is 0 Å². The first kappa shape index (κ1) is 13.4. The van der Waals surface area contributed by atoms with E-state index in [1.807, 2.05) is 0 Å². The van der Waals surface area contributed by atoms with Gasteiger partial charge in [-0.3, -0.25) is 4.79 Å². The Kier molecular flexibility index (Phi) is 8.51. The van der Waals surface area contributed by atoms with Gasteiger partial charge in [-0.2, -0.15) is 0 Å². The maximum absolute atomic E-state index is 10.8. The number of rotatable bonds is 8. The topological polar surface area (TPSA) is 70.6 Å². The molecule has 0 aliphatic carbocycles. The van der Waals surface area contributed by atoms with Gasteiger partial charge in [0.05, 0.1) is 12.7 Å². The van der Waals surface area contributed by atoms with Crippen LogP contribution in [0.15, 0.2) is 0 Å². The molecule has 0 aromatic carbocycles. The molecule has 5 nitrogen and oxygen atoms in total. The van der Waals surface area contributed by atoms with E-state index in [4.69, 9.17) is 4.74 Å². The molecule has 3 N–H and O–H groups in total. The number of ether oxygens (including phenoxy) is 1. The second-order valence-corrected chi connectivity index (χ2v) is 3.09. The maximum atomic E-state index is 10.8. The predicted molar refractivity (Wildman–Crippen MR) is 54.1 cm³/mol. The third-order valence-electron chi connectivity index (χ3n) is 1.78. The van der Waals surface area contributed by atoms with Gasteiger partial charge in [0, 0.05) is 27.1 Å². The van der Waals surface area contributed by atoms with E-state index < -0.39 is 6.10 Å². The van der Waals surface area contributed by atoms with Gasteiger partial charge in [-0.15, -0.1) is 0 Å². The summed E-state index contributed by atoms with van der Waals surface area (Å²) in [6.07, 6.45) is 0.823. The molecule has 0 heterocycles. The molecule has 5 heteroatoms. The Morgan fingerprint density at radius 2 is 2.29 bits per heavy atom. The van der Waals surface area contributed by atoms with Gasteiger partial charge in [-0.05, 0) is 13.0 Å². The van der Waals surface area contributed by atoms with Crippen molar-refractivity contribution in [1.29, 1.82) is 0 Å². The zero-order chi connectivity index (χ0) is 10.8. The minimum absolute atomic E-state index is 0.0456. The Hall–Kier alpha value is -0.650. The summed E-state index contributed by atoms with van der Waals surface area (Å²) in [5.74, 6) is 0.0456. The monoisotopic (exact) mass is 204 g/mol. The molecule has 1 unspecified atom stereocenters. The standard InChI is InChI=1S/C9H20N2O3/c1-10-9(13)4-3-5-11-6-8(12)7-14-2/h8,11-12H,3-7H2,1-2H3,(H,10,13). The van der Waals surface area contributed by atoms with Crippen LogP contribution in [0.1, 0.15) is 12.8 Å². The summed E-state index contributed by atoms with van der Waals surface area (Å²) in [6.45, 7) is 1.57. The number of amides is 1. The molecule has 0 radical (unpaired) electrons. The Bertz CT molecular complexity index is 153. The highest BCUT2D eigenvalue weighted by atomic mass is 16.5. The average Bonchev–Trinajstić information content (AvgIpc) is 2.17. The summed E-state index contributed by atoms with van der Waals surface area (Å²) in [4.78, 5) is 10.8. The number of aliphatic hydroxyl groups is 1. The second kappa shape index (κ2) is 8.93. The molecular weight excluding hydrogens is 184 g/mol. The van der Waals surface area contributed by atoms with E-state index in [1.54, 1.807) is 14.2 Å². The smallest absolute Gasteiger partial charge is 0.219 e. The van der Waals surface area contributed by atoms with Crippen molar-refractivity contribution in [3.63, 3.8) is 0 Å². The zero-order valence-electron chi connectivity index (χ0n) is 8.88. The molecule has 0 aromatic rings. The fraction of sp³-hybridized carbons (Fsp3) is 0.889. The Morgan fingerprint density at radius 1 is 1.57 bits per heavy atom. The van der Waals surface area contributed by atoms with E-state index in [9.17, 15) is 9.90 Å². The van der Waals surface area contributed by atoms with Crippen LogP contribution >= 0.6 is 0 Å². The first-order valence-electron chi connectivity index (χ1n) is 4.79. The molecule has 0 aliphatic heterocycles. The van der Waals surface area contributed by atoms with Crippen LogP contribution in [0.25, 0.3) is 0 Å². The van der Waals surface area contributed by atoms with E-state index in [-0.39, 0.29) is 5.91 Å². The van der Waals surface area contributed by atoms with Crippen molar-refractivity contribution in [2.75, 3.05) is 33.9 Å². The molecule has 14 heavy (non-hydrogen) atoms. The minimum Gasteiger partial charge on any atom is -0.389 e. The summed E-state index contributed by atoms with van der Waals surface area (Å²) in [5, 5.41) is 14.8. The highest BCUT2D eigenvalue weighted by Gasteiger charge is 2.02. The molecule has 0 saturated heterocycles. The van der Waals surface area contributed by atoms with E-state index in [0.717, 1.165) is 13.0 Å². The van der Waals surface area contributed by atoms with Crippen molar-refractivity contribution < 1.29 is 14.6 Å². The lowest BCUT2D eigenvalue weighted by molar-refractivity contribution is -0.120. The lowest BCUT2D eigenvalue weighted by Crippen LogP contribution is -2.31. The highest BCUT2D eigenvalue weighted by Crippen LogP contribution is 1.87. The molecule has 0 saturated carbocycles. The Morgan fingerprint density at radius 3 is 2.86 bits per heavy atom. The number of aliphatic hydroxyl groups excluding tert-OH is 1. The third kappa shape index (κ3) is 7.97. The SMILES string of the molecule is CNC(=O)CCCNCC(O)COC. The van der Waals surface area contributed by atoms with Crippen LogP contribution in [-0.2, 0) is 9.53 Å². The summed E-state index contributed by atoms with van der Waals surface area (Å²) in [5.41, 5.74) is 0. The molecule has 0 aromatic heterocycles. The molecule has 1 amide bonds. The van der Waals surface area contributed by atoms with E-state index in [0.29, 0.717) is 19.6 Å². The van der Waals surface area contributed by atoms with Gasteiger partial charge in [0.15, 0.2) is 0 Å². The predicted octanol–water partition coefficient (Wildman–Crippen LogP) is -0.890.